The summed E-state index contributed by atoms with van der Waals surface area (Å²) >= 11 is 0. The van der Waals surface area contributed by atoms with E-state index in [-0.39, 0.29) is 0 Å². The summed E-state index contributed by atoms with van der Waals surface area (Å²) < 4.78 is 0. The molecule has 0 aromatic carbocycles. The van der Waals surface area contributed by atoms with Gasteiger partial charge in [-0.1, -0.05) is 6.92 Å². The van der Waals surface area contributed by atoms with Crippen LogP contribution in [0.4, 0.5) is 0 Å². The van der Waals surface area contributed by atoms with Crippen LogP contribution in [0.3, 0.4) is 0 Å². The van der Waals surface area contributed by atoms with Gasteiger partial charge in [0.15, 0.2) is 0 Å². The lowest BCUT2D eigenvalue weighted by atomic mass is 10.3. The van der Waals surface area contributed by atoms with Gasteiger partial charge in [0.1, 0.15) is 0 Å². The van der Waals surface area contributed by atoms with Crippen molar-refractivity contribution in [2.24, 2.45) is 11.8 Å². The maximum atomic E-state index is 8.39. The minimum Gasteiger partial charge on any atom is -0.396 e. The van der Waals surface area contributed by atoms with E-state index in [0.717, 1.165) is 18.3 Å². The Morgan fingerprint density at radius 1 is 1.71 bits per heavy atom. The fraction of sp³-hybridized carbons (Fsp3) is 1.00. The molecule has 1 aliphatic carbocycles. The lowest BCUT2D eigenvalue weighted by molar-refractivity contribution is 0.277. The molecule has 0 aromatic rings. The third-order valence-corrected chi connectivity index (χ3v) is 1.78. The molecule has 0 saturated heterocycles. The van der Waals surface area contributed by atoms with E-state index in [2.05, 4.69) is 6.92 Å². The Hall–Kier alpha value is -0.0400. The molecule has 1 fully saturated rings. The first-order chi connectivity index (χ1) is 3.34. The molecule has 1 heteroatoms. The van der Waals surface area contributed by atoms with Crippen LogP contribution in [0.2, 0.25) is 0 Å². The first-order valence-electron chi connectivity index (χ1n) is 2.95. The molecule has 1 nitrogen and oxygen atoms in total. The summed E-state index contributed by atoms with van der Waals surface area (Å²) in [7, 11) is 0. The van der Waals surface area contributed by atoms with Crippen LogP contribution in [0.1, 0.15) is 19.8 Å². The highest BCUT2D eigenvalue weighted by atomic mass is 16.3. The van der Waals surface area contributed by atoms with Crippen LogP contribution in [0, 0.1) is 11.8 Å². The molecule has 0 aliphatic heterocycles. The molecular formula is C6H12O. The Morgan fingerprint density at radius 2 is 2.29 bits per heavy atom. The lowest BCUT2D eigenvalue weighted by Crippen LogP contribution is -1.84. The highest BCUT2D eigenvalue weighted by Crippen LogP contribution is 2.39. The van der Waals surface area contributed by atoms with Crippen LogP contribution in [0.25, 0.3) is 0 Å². The summed E-state index contributed by atoms with van der Waals surface area (Å²) in [6.45, 7) is 2.62. The van der Waals surface area contributed by atoms with E-state index >= 15 is 0 Å². The molecule has 1 N–H and O–H groups in total. The molecule has 0 radical (unpaired) electrons. The fourth-order valence-corrected chi connectivity index (χ4v) is 0.967. The summed E-state index contributed by atoms with van der Waals surface area (Å²) in [5, 5.41) is 8.39. The molecule has 1 saturated carbocycles. The van der Waals surface area contributed by atoms with Crippen molar-refractivity contribution in [3.63, 3.8) is 0 Å². The SMILES string of the molecule is C[C@@H]1C[C@H]1CCO. The maximum absolute atomic E-state index is 8.39. The first kappa shape index (κ1) is 5.10. The number of hydrogen-bond donors (Lipinski definition) is 1. The van der Waals surface area contributed by atoms with E-state index in [1.54, 1.807) is 0 Å². The van der Waals surface area contributed by atoms with Gasteiger partial charge in [0.05, 0.1) is 0 Å². The smallest absolute Gasteiger partial charge is 0.0433 e. The zero-order valence-electron chi connectivity index (χ0n) is 4.72. The average Bonchev–Trinajstić information content (AvgIpc) is 2.22. The van der Waals surface area contributed by atoms with Crippen molar-refractivity contribution in [1.29, 1.82) is 0 Å². The van der Waals surface area contributed by atoms with Gasteiger partial charge >= 0.3 is 0 Å². The minimum atomic E-state index is 0.384. The Kier molecular flexibility index (Phi) is 1.33. The van der Waals surface area contributed by atoms with Crippen LogP contribution >= 0.6 is 0 Å². The lowest BCUT2D eigenvalue weighted by Gasteiger charge is -1.86. The third-order valence-electron chi connectivity index (χ3n) is 1.78. The maximum Gasteiger partial charge on any atom is 0.0433 e. The van der Waals surface area contributed by atoms with Crippen LogP contribution in [-0.4, -0.2) is 11.7 Å². The summed E-state index contributed by atoms with van der Waals surface area (Å²) in [6, 6.07) is 0. The second kappa shape index (κ2) is 1.83. The average molecular weight is 100 g/mol. The van der Waals surface area contributed by atoms with Crippen LogP contribution < -0.4 is 0 Å². The highest BCUT2D eigenvalue weighted by Gasteiger charge is 2.31. The predicted octanol–water partition coefficient (Wildman–Crippen LogP) is 1.02. The Labute approximate surface area is 44.4 Å². The van der Waals surface area contributed by atoms with Crippen molar-refractivity contribution in [1.82, 2.24) is 0 Å². The molecule has 0 bridgehead atoms. The molecule has 42 valence electrons. The summed E-state index contributed by atoms with van der Waals surface area (Å²) in [5.74, 6) is 1.78. The van der Waals surface area contributed by atoms with E-state index in [0.29, 0.717) is 6.61 Å². The van der Waals surface area contributed by atoms with E-state index in [4.69, 9.17) is 5.11 Å². The molecule has 0 heterocycles. The minimum absolute atomic E-state index is 0.384. The van der Waals surface area contributed by atoms with Gasteiger partial charge in [0.25, 0.3) is 0 Å². The van der Waals surface area contributed by atoms with Gasteiger partial charge in [-0.2, -0.15) is 0 Å². The van der Waals surface area contributed by atoms with Gasteiger partial charge in [-0.15, -0.1) is 0 Å². The summed E-state index contributed by atoms with van der Waals surface area (Å²) in [4.78, 5) is 0. The molecule has 1 aliphatic rings. The predicted molar refractivity (Wildman–Crippen MR) is 29.0 cm³/mol. The number of rotatable bonds is 2. The van der Waals surface area contributed by atoms with Crippen molar-refractivity contribution in [2.75, 3.05) is 6.61 Å². The van der Waals surface area contributed by atoms with E-state index in [1.165, 1.54) is 6.42 Å². The van der Waals surface area contributed by atoms with E-state index in [9.17, 15) is 0 Å². The monoisotopic (exact) mass is 100 g/mol. The fourth-order valence-electron chi connectivity index (χ4n) is 0.967. The van der Waals surface area contributed by atoms with Crippen LogP contribution in [0.15, 0.2) is 0 Å². The normalized spacial score (nSPS) is 38.6. The van der Waals surface area contributed by atoms with Crippen LogP contribution in [0.5, 0.6) is 0 Å². The third kappa shape index (κ3) is 1.16. The van der Waals surface area contributed by atoms with Crippen molar-refractivity contribution < 1.29 is 5.11 Å². The molecular weight excluding hydrogens is 88.1 g/mol. The largest absolute Gasteiger partial charge is 0.396 e. The summed E-state index contributed by atoms with van der Waals surface area (Å²) in [5.41, 5.74) is 0. The van der Waals surface area contributed by atoms with E-state index in [1.807, 2.05) is 0 Å². The van der Waals surface area contributed by atoms with E-state index < -0.39 is 0 Å². The molecule has 7 heavy (non-hydrogen) atoms. The first-order valence-corrected chi connectivity index (χ1v) is 2.95. The van der Waals surface area contributed by atoms with Gasteiger partial charge in [-0.25, -0.2) is 0 Å². The molecule has 0 unspecified atom stereocenters. The van der Waals surface area contributed by atoms with Crippen molar-refractivity contribution in [3.05, 3.63) is 0 Å². The number of aliphatic hydroxyl groups is 1. The molecule has 0 aromatic heterocycles. The van der Waals surface area contributed by atoms with Gasteiger partial charge in [0, 0.05) is 6.61 Å². The van der Waals surface area contributed by atoms with Crippen molar-refractivity contribution in [3.8, 4) is 0 Å². The number of hydrogen-bond acceptors (Lipinski definition) is 1. The Morgan fingerprint density at radius 3 is 2.43 bits per heavy atom. The van der Waals surface area contributed by atoms with Gasteiger partial charge in [0.2, 0.25) is 0 Å². The zero-order chi connectivity index (χ0) is 5.28. The molecule has 2 atom stereocenters. The van der Waals surface area contributed by atoms with Gasteiger partial charge in [-0.05, 0) is 24.7 Å². The number of aliphatic hydroxyl groups excluding tert-OH is 1. The van der Waals surface area contributed by atoms with Gasteiger partial charge < -0.3 is 5.11 Å². The second-order valence-corrected chi connectivity index (χ2v) is 2.49. The standard InChI is InChI=1S/C6H12O/c1-5-4-6(5)2-3-7/h5-7H,2-4H2,1H3/t5-,6-/m1/s1. The molecule has 0 spiro atoms. The van der Waals surface area contributed by atoms with Crippen molar-refractivity contribution in [2.45, 2.75) is 19.8 Å². The Balaban J connectivity index is 1.98. The quantitative estimate of drug-likeness (QED) is 0.549. The highest BCUT2D eigenvalue weighted by molar-refractivity contribution is 4.81. The van der Waals surface area contributed by atoms with Crippen LogP contribution in [-0.2, 0) is 0 Å². The Bertz CT molecular complexity index is 61.2. The van der Waals surface area contributed by atoms with Gasteiger partial charge in [-0.3, -0.25) is 0 Å². The second-order valence-electron chi connectivity index (χ2n) is 2.49. The van der Waals surface area contributed by atoms with Crippen molar-refractivity contribution >= 4 is 0 Å². The zero-order valence-corrected chi connectivity index (χ0v) is 4.72. The molecule has 0 amide bonds. The molecule has 1 rings (SSSR count). The summed E-state index contributed by atoms with van der Waals surface area (Å²) in [6.07, 6.45) is 2.38. The topological polar surface area (TPSA) is 20.2 Å².